The summed E-state index contributed by atoms with van der Waals surface area (Å²) in [4.78, 5) is 59.5. The molecule has 0 spiro atoms. The van der Waals surface area contributed by atoms with E-state index in [0.717, 1.165) is 32.6 Å². The van der Waals surface area contributed by atoms with Gasteiger partial charge in [-0.2, -0.15) is 0 Å². The number of fused-ring (bicyclic) bond motifs is 1. The predicted molar refractivity (Wildman–Crippen MR) is 166 cm³/mol. The van der Waals surface area contributed by atoms with E-state index < -0.39 is 34.4 Å². The van der Waals surface area contributed by atoms with Crippen molar-refractivity contribution in [2.75, 3.05) is 19.0 Å². The lowest BCUT2D eigenvalue weighted by molar-refractivity contribution is -0.384. The summed E-state index contributed by atoms with van der Waals surface area (Å²) in [6.45, 7) is -0.275. The maximum absolute atomic E-state index is 14.9. The molecule has 0 bridgehead atoms. The van der Waals surface area contributed by atoms with Crippen molar-refractivity contribution >= 4 is 39.0 Å². The van der Waals surface area contributed by atoms with Crippen LogP contribution in [0.1, 0.15) is 17.5 Å². The molecule has 0 fully saturated rings. The molecule has 3 aromatic heterocycles. The zero-order chi connectivity index (χ0) is 32.0. The first-order valence-electron chi connectivity index (χ1n) is 13.6. The second kappa shape index (κ2) is 11.6. The van der Waals surface area contributed by atoms with Crippen LogP contribution >= 0.6 is 11.3 Å². The predicted octanol–water partition coefficient (Wildman–Crippen LogP) is 4.82. The van der Waals surface area contributed by atoms with Crippen LogP contribution < -0.4 is 16.1 Å². The van der Waals surface area contributed by atoms with Crippen molar-refractivity contribution in [1.82, 2.24) is 19.0 Å². The molecule has 1 amide bonds. The number of carbonyl (C=O) groups excluding carboxylic acids is 1. The number of nitro benzene ring substituents is 1. The number of pyridine rings is 1. The molecule has 1 aliphatic heterocycles. The van der Waals surface area contributed by atoms with Crippen LogP contribution in [0.5, 0.6) is 0 Å². The van der Waals surface area contributed by atoms with Gasteiger partial charge in [-0.3, -0.25) is 29.2 Å². The van der Waals surface area contributed by atoms with Gasteiger partial charge in [0.25, 0.3) is 11.2 Å². The molecule has 0 unspecified atom stereocenters. The molecule has 4 heterocycles. The first-order valence-corrected chi connectivity index (χ1v) is 14.5. The molecule has 2 aromatic carbocycles. The number of carbonyl (C=O) groups is 1. The fraction of sp³-hybridized carbons (Fsp3) is 0.161. The van der Waals surface area contributed by atoms with Crippen molar-refractivity contribution in [3.05, 3.63) is 127 Å². The van der Waals surface area contributed by atoms with E-state index in [1.54, 1.807) is 38.5 Å². The lowest BCUT2D eigenvalue weighted by Crippen LogP contribution is -2.39. The molecule has 0 aliphatic carbocycles. The molecule has 0 N–H and O–H groups in total. The van der Waals surface area contributed by atoms with Gasteiger partial charge in [0.1, 0.15) is 22.3 Å². The minimum absolute atomic E-state index is 0.0907. The summed E-state index contributed by atoms with van der Waals surface area (Å²) in [6.07, 6.45) is 4.77. The highest BCUT2D eigenvalue weighted by Gasteiger charge is 2.26. The van der Waals surface area contributed by atoms with Gasteiger partial charge in [-0.05, 0) is 61.6 Å². The maximum atomic E-state index is 14.9. The average molecular weight is 631 g/mol. The van der Waals surface area contributed by atoms with Gasteiger partial charge in [0, 0.05) is 41.7 Å². The third-order valence-corrected chi connectivity index (χ3v) is 8.62. The first kappa shape index (κ1) is 29.7. The molecule has 0 atom stereocenters. The smallest absolute Gasteiger partial charge is 0.305 e. The number of hydrogen-bond donors (Lipinski definition) is 0. The molecule has 0 radical (unpaired) electrons. The minimum atomic E-state index is -0.859. The zero-order valence-corrected chi connectivity index (χ0v) is 24.8. The molecular weight excluding hydrogens is 606 g/mol. The highest BCUT2D eigenvalue weighted by Crippen LogP contribution is 2.38. The number of rotatable bonds is 8. The van der Waals surface area contributed by atoms with Crippen molar-refractivity contribution in [3.63, 3.8) is 0 Å². The average Bonchev–Trinajstić information content (AvgIpc) is 3.60. The number of hydrogen-bond acceptors (Lipinski definition) is 8. The van der Waals surface area contributed by atoms with Gasteiger partial charge in [0.15, 0.2) is 0 Å². The third kappa shape index (κ3) is 5.34. The third-order valence-electron chi connectivity index (χ3n) is 7.32. The van der Waals surface area contributed by atoms with Gasteiger partial charge in [0.2, 0.25) is 5.91 Å². The molecule has 5 aromatic rings. The standard InChI is InChI=1S/C31H24F2N6O5S/c1-35(2)16-22-27-29(41)38(20-12-13-25(34-15-20)36-14-4-7-26(36)40)31(42)37(17-21-23(32)5-3-6-24(21)33)30(27)45-28(22)18-8-10-19(11-9-18)39(43)44/h3-6,8-15H,7,16-17H2,1-2H3. The SMILES string of the molecule is CN(C)Cc1c(-c2ccc([N+](=O)[O-])cc2)sc2c1c(=O)n(-c1ccc(N3C=CCC3=O)nc1)c(=O)n2Cc1c(F)cccc1F. The lowest BCUT2D eigenvalue weighted by Gasteiger charge is -2.16. The molecule has 14 heteroatoms. The Bertz CT molecular complexity index is 2120. The van der Waals surface area contributed by atoms with E-state index in [-0.39, 0.29) is 46.0 Å². The van der Waals surface area contributed by atoms with Crippen molar-refractivity contribution in [2.24, 2.45) is 0 Å². The number of nitrogens with zero attached hydrogens (tertiary/aromatic N) is 6. The number of thiophene rings is 1. The van der Waals surface area contributed by atoms with E-state index in [0.29, 0.717) is 21.8 Å². The normalized spacial score (nSPS) is 13.0. The summed E-state index contributed by atoms with van der Waals surface area (Å²) in [5.41, 5.74) is -0.817. The van der Waals surface area contributed by atoms with Gasteiger partial charge in [-0.25, -0.2) is 23.1 Å². The number of nitro groups is 1. The Balaban J connectivity index is 1.63. The fourth-order valence-electron chi connectivity index (χ4n) is 5.21. The van der Waals surface area contributed by atoms with Gasteiger partial charge < -0.3 is 4.90 Å². The van der Waals surface area contributed by atoms with Crippen LogP contribution in [-0.4, -0.2) is 43.9 Å². The Hall–Kier alpha value is -5.34. The number of non-ortho nitro benzene ring substituents is 1. The summed E-state index contributed by atoms with van der Waals surface area (Å²) in [5, 5.41) is 11.4. The Morgan fingerprint density at radius 2 is 1.71 bits per heavy atom. The van der Waals surface area contributed by atoms with Crippen LogP contribution in [-0.2, 0) is 17.9 Å². The van der Waals surface area contributed by atoms with Gasteiger partial charge in [-0.15, -0.1) is 11.3 Å². The minimum Gasteiger partial charge on any atom is -0.305 e. The van der Waals surface area contributed by atoms with Crippen LogP contribution in [0, 0.1) is 21.7 Å². The monoisotopic (exact) mass is 630 g/mol. The summed E-state index contributed by atoms with van der Waals surface area (Å²) in [6, 6.07) is 12.1. The fourth-order valence-corrected chi connectivity index (χ4v) is 6.51. The highest BCUT2D eigenvalue weighted by atomic mass is 32.1. The Labute approximate surface area is 257 Å². The summed E-state index contributed by atoms with van der Waals surface area (Å²) in [7, 11) is 3.59. The zero-order valence-electron chi connectivity index (χ0n) is 23.9. The Morgan fingerprint density at radius 3 is 2.29 bits per heavy atom. The van der Waals surface area contributed by atoms with Crippen molar-refractivity contribution in [2.45, 2.75) is 19.5 Å². The van der Waals surface area contributed by atoms with Gasteiger partial charge >= 0.3 is 5.69 Å². The van der Waals surface area contributed by atoms with Crippen LogP contribution in [0.25, 0.3) is 26.3 Å². The number of aromatic nitrogens is 3. The van der Waals surface area contributed by atoms with Crippen molar-refractivity contribution in [1.29, 1.82) is 0 Å². The van der Waals surface area contributed by atoms with E-state index in [1.165, 1.54) is 41.4 Å². The molecule has 1 aliphatic rings. The second-order valence-corrected chi connectivity index (χ2v) is 11.6. The van der Waals surface area contributed by atoms with Crippen molar-refractivity contribution in [3.8, 4) is 16.1 Å². The number of halogens is 2. The molecule has 228 valence electrons. The summed E-state index contributed by atoms with van der Waals surface area (Å²) < 4.78 is 31.8. The number of anilines is 1. The van der Waals surface area contributed by atoms with E-state index in [1.807, 2.05) is 4.90 Å². The number of amides is 1. The molecule has 0 saturated heterocycles. The Morgan fingerprint density at radius 1 is 1.00 bits per heavy atom. The van der Waals surface area contributed by atoms with Gasteiger partial charge in [0.05, 0.1) is 28.7 Å². The molecular formula is C31H24F2N6O5S. The van der Waals surface area contributed by atoms with Gasteiger partial charge in [-0.1, -0.05) is 12.1 Å². The van der Waals surface area contributed by atoms with E-state index in [9.17, 15) is 33.3 Å². The highest BCUT2D eigenvalue weighted by molar-refractivity contribution is 7.22. The summed E-state index contributed by atoms with van der Waals surface area (Å²) >= 11 is 1.08. The lowest BCUT2D eigenvalue weighted by atomic mass is 10.1. The Kier molecular flexibility index (Phi) is 7.68. The first-order chi connectivity index (χ1) is 21.5. The summed E-state index contributed by atoms with van der Waals surface area (Å²) in [5.74, 6) is -1.61. The molecule has 45 heavy (non-hydrogen) atoms. The largest absolute Gasteiger partial charge is 0.337 e. The van der Waals surface area contributed by atoms with E-state index in [2.05, 4.69) is 4.98 Å². The number of benzene rings is 2. The van der Waals surface area contributed by atoms with Crippen LogP contribution in [0.15, 0.2) is 82.7 Å². The van der Waals surface area contributed by atoms with Crippen LogP contribution in [0.2, 0.25) is 0 Å². The quantitative estimate of drug-likeness (QED) is 0.178. The van der Waals surface area contributed by atoms with E-state index >= 15 is 0 Å². The van der Waals surface area contributed by atoms with Crippen LogP contribution in [0.3, 0.4) is 0 Å². The maximum Gasteiger partial charge on any atom is 0.337 e. The molecule has 11 nitrogen and oxygen atoms in total. The van der Waals surface area contributed by atoms with Crippen molar-refractivity contribution < 1.29 is 18.5 Å². The van der Waals surface area contributed by atoms with Crippen LogP contribution in [0.4, 0.5) is 20.3 Å². The van der Waals surface area contributed by atoms with E-state index in [4.69, 9.17) is 0 Å². The molecule has 6 rings (SSSR count). The molecule has 0 saturated carbocycles. The second-order valence-electron chi connectivity index (χ2n) is 10.6. The topological polar surface area (TPSA) is 124 Å².